The molecule has 1 unspecified atom stereocenters. The normalized spacial score (nSPS) is 12.1. The Balaban J connectivity index is 1.81. The maximum Gasteiger partial charge on any atom is 0.223 e. The second-order valence-electron chi connectivity index (χ2n) is 4.39. The smallest absolute Gasteiger partial charge is 0.223 e. The number of nitrogens with one attached hydrogen (secondary N) is 1. The van der Waals surface area contributed by atoms with E-state index in [1.807, 2.05) is 24.3 Å². The molecular weight excluding hydrogens is 268 g/mol. The van der Waals surface area contributed by atoms with E-state index in [4.69, 9.17) is 0 Å². The number of hydrogen-bond acceptors (Lipinski definition) is 5. The molecular formula is C15H14N4S. The summed E-state index contributed by atoms with van der Waals surface area (Å²) in [6, 6.07) is 10.1. The average Bonchev–Trinajstić information content (AvgIpc) is 3.03. The zero-order valence-corrected chi connectivity index (χ0v) is 11.8. The van der Waals surface area contributed by atoms with Crippen LogP contribution in [0.4, 0.5) is 5.95 Å². The largest absolute Gasteiger partial charge is 0.347 e. The molecule has 3 aromatic rings. The summed E-state index contributed by atoms with van der Waals surface area (Å²) in [5.41, 5.74) is 1.86. The lowest BCUT2D eigenvalue weighted by Crippen LogP contribution is -2.08. The van der Waals surface area contributed by atoms with Crippen molar-refractivity contribution in [3.63, 3.8) is 0 Å². The van der Waals surface area contributed by atoms with E-state index in [1.165, 1.54) is 4.88 Å². The van der Waals surface area contributed by atoms with Crippen molar-refractivity contribution in [2.75, 3.05) is 5.32 Å². The third-order valence-electron chi connectivity index (χ3n) is 2.93. The molecule has 100 valence electrons. The number of hydrogen-bond donors (Lipinski definition) is 1. The molecule has 0 aliphatic heterocycles. The zero-order valence-electron chi connectivity index (χ0n) is 11.0. The van der Waals surface area contributed by atoms with Crippen LogP contribution in [0.3, 0.4) is 0 Å². The monoisotopic (exact) mass is 282 g/mol. The highest BCUT2D eigenvalue weighted by Gasteiger charge is 2.08. The van der Waals surface area contributed by atoms with Gasteiger partial charge in [0.15, 0.2) is 0 Å². The molecule has 0 bridgehead atoms. The zero-order chi connectivity index (χ0) is 13.8. The predicted molar refractivity (Wildman–Crippen MR) is 81.6 cm³/mol. The lowest BCUT2D eigenvalue weighted by Gasteiger charge is -2.12. The number of thiophene rings is 1. The first-order chi connectivity index (χ1) is 9.83. The van der Waals surface area contributed by atoms with E-state index < -0.39 is 0 Å². The van der Waals surface area contributed by atoms with Crippen LogP contribution in [0.15, 0.2) is 54.3 Å². The molecule has 0 fully saturated rings. The number of nitrogens with zero attached hydrogens (tertiary/aromatic N) is 3. The van der Waals surface area contributed by atoms with Gasteiger partial charge >= 0.3 is 0 Å². The van der Waals surface area contributed by atoms with Gasteiger partial charge in [0.05, 0.1) is 11.7 Å². The molecule has 0 aliphatic rings. The molecule has 0 spiro atoms. The first-order valence-corrected chi connectivity index (χ1v) is 7.24. The fourth-order valence-corrected chi connectivity index (χ4v) is 2.64. The van der Waals surface area contributed by atoms with Crippen LogP contribution >= 0.6 is 11.3 Å². The quantitative estimate of drug-likeness (QED) is 0.791. The molecule has 0 aromatic carbocycles. The standard InChI is InChI=1S/C15H14N4S/c1-11(14-5-3-9-20-14)18-15-17-8-6-13(19-15)12-4-2-7-16-10-12/h2-11H,1H3,(H,17,18,19). The number of rotatable bonds is 4. The summed E-state index contributed by atoms with van der Waals surface area (Å²) in [7, 11) is 0. The Morgan fingerprint density at radius 1 is 1.15 bits per heavy atom. The molecule has 0 radical (unpaired) electrons. The highest BCUT2D eigenvalue weighted by Crippen LogP contribution is 2.22. The predicted octanol–water partition coefficient (Wildman–Crippen LogP) is 3.77. The SMILES string of the molecule is CC(Nc1nccc(-c2cccnc2)n1)c1cccs1. The number of anilines is 1. The first-order valence-electron chi connectivity index (χ1n) is 6.36. The third-order valence-corrected chi connectivity index (χ3v) is 3.98. The Morgan fingerprint density at radius 2 is 2.10 bits per heavy atom. The van der Waals surface area contributed by atoms with Crippen LogP contribution in [0.1, 0.15) is 17.8 Å². The molecule has 0 saturated carbocycles. The van der Waals surface area contributed by atoms with Gasteiger partial charge in [-0.05, 0) is 36.6 Å². The van der Waals surface area contributed by atoms with Gasteiger partial charge in [0, 0.05) is 29.0 Å². The van der Waals surface area contributed by atoms with Crippen molar-refractivity contribution >= 4 is 17.3 Å². The van der Waals surface area contributed by atoms with Crippen LogP contribution in [0.25, 0.3) is 11.3 Å². The summed E-state index contributed by atoms with van der Waals surface area (Å²) in [4.78, 5) is 14.2. The summed E-state index contributed by atoms with van der Waals surface area (Å²) in [5, 5.41) is 5.39. The van der Waals surface area contributed by atoms with Crippen LogP contribution in [0.2, 0.25) is 0 Å². The van der Waals surface area contributed by atoms with Gasteiger partial charge in [-0.25, -0.2) is 9.97 Å². The molecule has 1 atom stereocenters. The van der Waals surface area contributed by atoms with Crippen LogP contribution in [-0.2, 0) is 0 Å². The summed E-state index contributed by atoms with van der Waals surface area (Å²) in [6.07, 6.45) is 5.32. The first kappa shape index (κ1) is 12.7. The van der Waals surface area contributed by atoms with Gasteiger partial charge in [0.2, 0.25) is 5.95 Å². The van der Waals surface area contributed by atoms with E-state index in [0.29, 0.717) is 5.95 Å². The maximum absolute atomic E-state index is 4.54. The van der Waals surface area contributed by atoms with E-state index in [-0.39, 0.29) is 6.04 Å². The van der Waals surface area contributed by atoms with E-state index in [9.17, 15) is 0 Å². The van der Waals surface area contributed by atoms with Gasteiger partial charge < -0.3 is 5.32 Å². The molecule has 5 heteroatoms. The topological polar surface area (TPSA) is 50.7 Å². The molecule has 1 N–H and O–H groups in total. The summed E-state index contributed by atoms with van der Waals surface area (Å²) >= 11 is 1.72. The van der Waals surface area contributed by atoms with Crippen molar-refractivity contribution in [2.45, 2.75) is 13.0 Å². The van der Waals surface area contributed by atoms with E-state index >= 15 is 0 Å². The Bertz CT molecular complexity index is 667. The number of pyridine rings is 1. The van der Waals surface area contributed by atoms with Crippen molar-refractivity contribution in [2.24, 2.45) is 0 Å². The van der Waals surface area contributed by atoms with Crippen LogP contribution in [0, 0.1) is 0 Å². The van der Waals surface area contributed by atoms with Gasteiger partial charge in [-0.3, -0.25) is 4.98 Å². The second-order valence-corrected chi connectivity index (χ2v) is 5.37. The molecule has 3 rings (SSSR count). The summed E-state index contributed by atoms with van der Waals surface area (Å²) < 4.78 is 0. The fraction of sp³-hybridized carbons (Fsp3) is 0.133. The van der Waals surface area contributed by atoms with E-state index in [2.05, 4.69) is 38.6 Å². The van der Waals surface area contributed by atoms with Crippen LogP contribution < -0.4 is 5.32 Å². The summed E-state index contributed by atoms with van der Waals surface area (Å²) in [6.45, 7) is 2.10. The Morgan fingerprint density at radius 3 is 2.85 bits per heavy atom. The van der Waals surface area contributed by atoms with Crippen molar-refractivity contribution < 1.29 is 0 Å². The highest BCUT2D eigenvalue weighted by molar-refractivity contribution is 7.10. The van der Waals surface area contributed by atoms with Crippen molar-refractivity contribution in [1.29, 1.82) is 0 Å². The van der Waals surface area contributed by atoms with Gasteiger partial charge in [-0.1, -0.05) is 6.07 Å². The number of aromatic nitrogens is 3. The average molecular weight is 282 g/mol. The Labute approximate surface area is 121 Å². The van der Waals surface area contributed by atoms with Gasteiger partial charge in [0.1, 0.15) is 0 Å². The Hall–Kier alpha value is -2.27. The second kappa shape index (κ2) is 5.79. The van der Waals surface area contributed by atoms with Crippen LogP contribution in [0.5, 0.6) is 0 Å². The third kappa shape index (κ3) is 2.83. The lowest BCUT2D eigenvalue weighted by atomic mass is 10.2. The van der Waals surface area contributed by atoms with E-state index in [0.717, 1.165) is 11.3 Å². The van der Waals surface area contributed by atoms with Gasteiger partial charge in [-0.15, -0.1) is 11.3 Å². The van der Waals surface area contributed by atoms with Crippen molar-refractivity contribution in [1.82, 2.24) is 15.0 Å². The van der Waals surface area contributed by atoms with Gasteiger partial charge in [0.25, 0.3) is 0 Å². The fourth-order valence-electron chi connectivity index (χ4n) is 1.91. The lowest BCUT2D eigenvalue weighted by molar-refractivity contribution is 0.881. The van der Waals surface area contributed by atoms with Gasteiger partial charge in [-0.2, -0.15) is 0 Å². The molecule has 0 aliphatic carbocycles. The molecule has 20 heavy (non-hydrogen) atoms. The van der Waals surface area contributed by atoms with Crippen molar-refractivity contribution in [3.05, 3.63) is 59.2 Å². The minimum atomic E-state index is 0.194. The molecule has 4 nitrogen and oxygen atoms in total. The van der Waals surface area contributed by atoms with Crippen LogP contribution in [-0.4, -0.2) is 15.0 Å². The maximum atomic E-state index is 4.54. The molecule has 3 heterocycles. The van der Waals surface area contributed by atoms with E-state index in [1.54, 1.807) is 29.9 Å². The minimum Gasteiger partial charge on any atom is -0.347 e. The molecule has 3 aromatic heterocycles. The van der Waals surface area contributed by atoms with Crippen molar-refractivity contribution in [3.8, 4) is 11.3 Å². The highest BCUT2D eigenvalue weighted by atomic mass is 32.1. The Kier molecular flexibility index (Phi) is 3.69. The minimum absolute atomic E-state index is 0.194. The molecule has 0 amide bonds. The molecule has 0 saturated heterocycles. The summed E-state index contributed by atoms with van der Waals surface area (Å²) in [5.74, 6) is 0.632.